The SMILES string of the molecule is CCCC(CBr)CN(CCO)C(CC)CC. The number of hydrogen-bond acceptors (Lipinski definition) is 2. The summed E-state index contributed by atoms with van der Waals surface area (Å²) in [4.78, 5) is 2.46. The van der Waals surface area contributed by atoms with Crippen molar-refractivity contribution in [3.63, 3.8) is 0 Å². The number of aliphatic hydroxyl groups is 1. The molecule has 0 radical (unpaired) electrons. The Labute approximate surface area is 110 Å². The van der Waals surface area contributed by atoms with Gasteiger partial charge in [0.2, 0.25) is 0 Å². The Morgan fingerprint density at radius 1 is 1.19 bits per heavy atom. The molecule has 1 N–H and O–H groups in total. The number of nitrogens with zero attached hydrogens (tertiary/aromatic N) is 1. The highest BCUT2D eigenvalue weighted by Gasteiger charge is 2.18. The van der Waals surface area contributed by atoms with Crippen LogP contribution in [0.5, 0.6) is 0 Å². The van der Waals surface area contributed by atoms with Crippen molar-refractivity contribution < 1.29 is 5.11 Å². The predicted molar refractivity (Wildman–Crippen MR) is 75.2 cm³/mol. The Bertz CT molecular complexity index is 151. The molecule has 0 aliphatic carbocycles. The topological polar surface area (TPSA) is 23.5 Å². The normalized spacial score (nSPS) is 13.7. The number of aliphatic hydroxyl groups excluding tert-OH is 1. The van der Waals surface area contributed by atoms with Crippen LogP contribution in [-0.2, 0) is 0 Å². The van der Waals surface area contributed by atoms with Crippen molar-refractivity contribution >= 4 is 15.9 Å². The average Bonchev–Trinajstić information content (AvgIpc) is 2.30. The largest absolute Gasteiger partial charge is 0.395 e. The van der Waals surface area contributed by atoms with Gasteiger partial charge in [0.1, 0.15) is 0 Å². The number of rotatable bonds is 10. The van der Waals surface area contributed by atoms with E-state index in [1.54, 1.807) is 0 Å². The molecule has 0 rings (SSSR count). The standard InChI is InChI=1S/C13H28BrNO/c1-4-7-12(10-14)11-15(8-9-16)13(5-2)6-3/h12-13,16H,4-11H2,1-3H3. The molecule has 0 heterocycles. The number of halogens is 1. The van der Waals surface area contributed by atoms with Gasteiger partial charge < -0.3 is 5.11 Å². The maximum atomic E-state index is 9.14. The summed E-state index contributed by atoms with van der Waals surface area (Å²) >= 11 is 3.60. The molecule has 0 fully saturated rings. The molecule has 16 heavy (non-hydrogen) atoms. The fourth-order valence-corrected chi connectivity index (χ4v) is 2.84. The fraction of sp³-hybridized carbons (Fsp3) is 1.00. The number of alkyl halides is 1. The predicted octanol–water partition coefficient (Wildman–Crippen LogP) is 3.28. The first-order valence-electron chi connectivity index (χ1n) is 6.64. The van der Waals surface area contributed by atoms with Crippen LogP contribution < -0.4 is 0 Å². The Hall–Kier alpha value is 0.400. The average molecular weight is 294 g/mol. The van der Waals surface area contributed by atoms with Crippen molar-refractivity contribution in [3.8, 4) is 0 Å². The summed E-state index contributed by atoms with van der Waals surface area (Å²) in [6.45, 7) is 8.93. The van der Waals surface area contributed by atoms with E-state index in [2.05, 4.69) is 41.6 Å². The molecule has 0 aromatic carbocycles. The highest BCUT2D eigenvalue weighted by molar-refractivity contribution is 9.09. The summed E-state index contributed by atoms with van der Waals surface area (Å²) < 4.78 is 0. The molecular formula is C13H28BrNO. The summed E-state index contributed by atoms with van der Waals surface area (Å²) in [5.41, 5.74) is 0. The fourth-order valence-electron chi connectivity index (χ4n) is 2.31. The van der Waals surface area contributed by atoms with Gasteiger partial charge in [0, 0.05) is 24.5 Å². The maximum absolute atomic E-state index is 9.14. The highest BCUT2D eigenvalue weighted by Crippen LogP contribution is 2.16. The van der Waals surface area contributed by atoms with E-state index < -0.39 is 0 Å². The second kappa shape index (κ2) is 10.5. The molecule has 0 aliphatic rings. The zero-order valence-electron chi connectivity index (χ0n) is 11.1. The maximum Gasteiger partial charge on any atom is 0.0558 e. The van der Waals surface area contributed by atoms with E-state index >= 15 is 0 Å². The van der Waals surface area contributed by atoms with Crippen molar-refractivity contribution in [1.82, 2.24) is 4.90 Å². The van der Waals surface area contributed by atoms with Crippen LogP contribution in [0.15, 0.2) is 0 Å². The monoisotopic (exact) mass is 293 g/mol. The van der Waals surface area contributed by atoms with Crippen molar-refractivity contribution in [1.29, 1.82) is 0 Å². The lowest BCUT2D eigenvalue weighted by molar-refractivity contribution is 0.126. The minimum absolute atomic E-state index is 0.275. The lowest BCUT2D eigenvalue weighted by Gasteiger charge is -2.32. The first kappa shape index (κ1) is 16.4. The lowest BCUT2D eigenvalue weighted by Crippen LogP contribution is -2.40. The Morgan fingerprint density at radius 2 is 1.81 bits per heavy atom. The molecular weight excluding hydrogens is 266 g/mol. The molecule has 3 heteroatoms. The third kappa shape index (κ3) is 6.21. The molecule has 0 amide bonds. The third-order valence-corrected chi connectivity index (χ3v) is 4.17. The van der Waals surface area contributed by atoms with E-state index in [0.29, 0.717) is 6.04 Å². The van der Waals surface area contributed by atoms with Gasteiger partial charge >= 0.3 is 0 Å². The highest BCUT2D eigenvalue weighted by atomic mass is 79.9. The molecule has 0 aliphatic heterocycles. The van der Waals surface area contributed by atoms with Crippen LogP contribution in [-0.4, -0.2) is 41.1 Å². The second-order valence-corrected chi connectivity index (χ2v) is 5.15. The van der Waals surface area contributed by atoms with Gasteiger partial charge in [-0.2, -0.15) is 0 Å². The smallest absolute Gasteiger partial charge is 0.0558 e. The summed E-state index contributed by atoms with van der Waals surface area (Å²) in [7, 11) is 0. The van der Waals surface area contributed by atoms with Crippen LogP contribution in [0, 0.1) is 5.92 Å². The quantitative estimate of drug-likeness (QED) is 0.625. The summed E-state index contributed by atoms with van der Waals surface area (Å²) in [5.74, 6) is 0.720. The molecule has 0 saturated carbocycles. The minimum Gasteiger partial charge on any atom is -0.395 e. The molecule has 0 bridgehead atoms. The molecule has 0 saturated heterocycles. The van der Waals surface area contributed by atoms with Crippen LogP contribution in [0.1, 0.15) is 46.5 Å². The van der Waals surface area contributed by atoms with E-state index in [1.165, 1.54) is 25.7 Å². The van der Waals surface area contributed by atoms with Gasteiger partial charge in [0.25, 0.3) is 0 Å². The Kier molecular flexibility index (Phi) is 10.8. The summed E-state index contributed by atoms with van der Waals surface area (Å²) in [6.07, 6.45) is 4.87. The lowest BCUT2D eigenvalue weighted by atomic mass is 10.0. The van der Waals surface area contributed by atoms with E-state index in [4.69, 9.17) is 5.11 Å². The Morgan fingerprint density at radius 3 is 2.19 bits per heavy atom. The minimum atomic E-state index is 0.275. The molecule has 1 unspecified atom stereocenters. The van der Waals surface area contributed by atoms with Crippen LogP contribution in [0.25, 0.3) is 0 Å². The van der Waals surface area contributed by atoms with Gasteiger partial charge in [0.15, 0.2) is 0 Å². The Balaban J connectivity index is 4.27. The molecule has 0 aromatic heterocycles. The first-order chi connectivity index (χ1) is 7.73. The van der Waals surface area contributed by atoms with Gasteiger partial charge in [-0.05, 0) is 25.2 Å². The third-order valence-electron chi connectivity index (χ3n) is 3.25. The zero-order chi connectivity index (χ0) is 12.4. The van der Waals surface area contributed by atoms with E-state index in [-0.39, 0.29) is 6.61 Å². The van der Waals surface area contributed by atoms with Gasteiger partial charge in [-0.15, -0.1) is 0 Å². The van der Waals surface area contributed by atoms with Crippen LogP contribution in [0.4, 0.5) is 0 Å². The van der Waals surface area contributed by atoms with Crippen molar-refractivity contribution in [3.05, 3.63) is 0 Å². The van der Waals surface area contributed by atoms with Gasteiger partial charge in [0.05, 0.1) is 6.61 Å². The van der Waals surface area contributed by atoms with Gasteiger partial charge in [-0.3, -0.25) is 4.90 Å². The van der Waals surface area contributed by atoms with Crippen LogP contribution >= 0.6 is 15.9 Å². The zero-order valence-corrected chi connectivity index (χ0v) is 12.7. The second-order valence-electron chi connectivity index (χ2n) is 4.50. The number of hydrogen-bond donors (Lipinski definition) is 1. The first-order valence-corrected chi connectivity index (χ1v) is 7.76. The molecule has 0 aromatic rings. The van der Waals surface area contributed by atoms with E-state index in [9.17, 15) is 0 Å². The molecule has 0 spiro atoms. The van der Waals surface area contributed by atoms with Crippen molar-refractivity contribution in [2.45, 2.75) is 52.5 Å². The van der Waals surface area contributed by atoms with E-state index in [0.717, 1.165) is 24.3 Å². The molecule has 98 valence electrons. The van der Waals surface area contributed by atoms with Gasteiger partial charge in [-0.1, -0.05) is 43.1 Å². The molecule has 2 nitrogen and oxygen atoms in total. The van der Waals surface area contributed by atoms with Crippen LogP contribution in [0.3, 0.4) is 0 Å². The van der Waals surface area contributed by atoms with Gasteiger partial charge in [-0.25, -0.2) is 0 Å². The summed E-state index contributed by atoms with van der Waals surface area (Å²) in [6, 6.07) is 0.630. The molecule has 1 atom stereocenters. The summed E-state index contributed by atoms with van der Waals surface area (Å²) in [5, 5.41) is 10.2. The van der Waals surface area contributed by atoms with Crippen molar-refractivity contribution in [2.24, 2.45) is 5.92 Å². The van der Waals surface area contributed by atoms with Crippen LogP contribution in [0.2, 0.25) is 0 Å². The van der Waals surface area contributed by atoms with Crippen molar-refractivity contribution in [2.75, 3.05) is 25.0 Å². The van der Waals surface area contributed by atoms with E-state index in [1.807, 2.05) is 0 Å².